The van der Waals surface area contributed by atoms with Crippen LogP contribution in [0, 0.1) is 13.8 Å². The fourth-order valence-corrected chi connectivity index (χ4v) is 8.55. The average molecular weight is 894 g/mol. The minimum atomic E-state index is 0.202. The van der Waals surface area contributed by atoms with Crippen molar-refractivity contribution in [3.8, 4) is 23.1 Å². The van der Waals surface area contributed by atoms with Gasteiger partial charge in [0.1, 0.15) is 23.0 Å². The first-order valence-corrected chi connectivity index (χ1v) is 21.9. The van der Waals surface area contributed by atoms with Crippen molar-refractivity contribution >= 4 is 47.5 Å². The highest BCUT2D eigenvalue weighted by Crippen LogP contribution is 2.35. The summed E-state index contributed by atoms with van der Waals surface area (Å²) < 4.78 is 18.8. The molecule has 16 heteroatoms. The highest BCUT2D eigenvalue weighted by molar-refractivity contribution is 6.30. The van der Waals surface area contributed by atoms with Gasteiger partial charge in [0, 0.05) is 47.4 Å². The first-order chi connectivity index (χ1) is 31.2. The second-order valence-corrected chi connectivity index (χ2v) is 16.5. The Morgan fingerprint density at radius 1 is 0.578 bits per heavy atom. The van der Waals surface area contributed by atoms with E-state index < -0.39 is 0 Å². The number of hydrogen-bond acceptors (Lipinski definition) is 10. The van der Waals surface area contributed by atoms with Crippen LogP contribution in [0.1, 0.15) is 94.7 Å². The SMILES string of the molecule is COc1nc(/C=C/c2nc3n(n2)CCC[C@@H]3c2cccc(Cl)c2)ccc1-n1cnc(C)c1.COc1nc(/C=C/c2nc3n(n2)CCC[C@H]3c2cccc(Cl)c2)ccc1-n1cnc(C)c1. The number of methoxy groups -OCH3 is 2. The quantitative estimate of drug-likeness (QED) is 0.130. The number of halogens is 2. The molecule has 2 aliphatic heterocycles. The van der Waals surface area contributed by atoms with Crippen LogP contribution in [0.5, 0.6) is 11.8 Å². The van der Waals surface area contributed by atoms with Crippen molar-refractivity contribution < 1.29 is 9.47 Å². The molecule has 0 amide bonds. The van der Waals surface area contributed by atoms with Crippen molar-refractivity contribution in [1.29, 1.82) is 0 Å². The van der Waals surface area contributed by atoms with Crippen molar-refractivity contribution in [2.45, 2.75) is 64.5 Å². The summed E-state index contributed by atoms with van der Waals surface area (Å²) in [5, 5.41) is 10.9. The summed E-state index contributed by atoms with van der Waals surface area (Å²) in [5.74, 6) is 4.77. The Hall–Kier alpha value is -6.90. The van der Waals surface area contributed by atoms with Gasteiger partial charge in [0.05, 0.1) is 49.6 Å². The molecule has 0 N–H and O–H groups in total. The molecule has 0 aliphatic carbocycles. The molecule has 0 saturated carbocycles. The zero-order valence-electron chi connectivity index (χ0n) is 35.9. The number of imidazole rings is 2. The van der Waals surface area contributed by atoms with Gasteiger partial charge in [-0.3, -0.25) is 0 Å². The lowest BCUT2D eigenvalue weighted by atomic mass is 9.91. The number of ether oxygens (including phenoxy) is 2. The molecule has 2 aliphatic rings. The third-order valence-corrected chi connectivity index (χ3v) is 11.7. The van der Waals surface area contributed by atoms with E-state index in [1.807, 2.05) is 130 Å². The van der Waals surface area contributed by atoms with Gasteiger partial charge in [-0.25, -0.2) is 39.3 Å². The number of hydrogen-bond donors (Lipinski definition) is 0. The number of aryl methyl sites for hydroxylation is 4. The maximum Gasteiger partial charge on any atom is 0.238 e. The molecule has 2 atom stereocenters. The van der Waals surface area contributed by atoms with Gasteiger partial charge in [0.2, 0.25) is 11.8 Å². The van der Waals surface area contributed by atoms with Crippen LogP contribution in [-0.2, 0) is 13.1 Å². The standard InChI is InChI=1S/2C24H23ClN6O/c2*1-16-14-30(15-26-16)21-10-8-19(27-24(21)32-2)9-11-22-28-23-20(7-4-12-31(23)29-22)17-5-3-6-18(25)13-17/h2*3,5-6,8-11,13-15,20H,4,7,12H2,1-2H3/b2*11-9+/t2*20-/m10/s1. The van der Waals surface area contributed by atoms with E-state index in [1.165, 1.54) is 11.1 Å². The number of rotatable bonds is 10. The van der Waals surface area contributed by atoms with Crippen LogP contribution in [0.4, 0.5) is 0 Å². The maximum atomic E-state index is 6.21. The topological polar surface area (TPSA) is 141 Å². The van der Waals surface area contributed by atoms with Crippen molar-refractivity contribution in [1.82, 2.24) is 58.6 Å². The Morgan fingerprint density at radius 3 is 1.42 bits per heavy atom. The highest BCUT2D eigenvalue weighted by atomic mass is 35.5. The number of benzene rings is 2. The third-order valence-electron chi connectivity index (χ3n) is 11.2. The lowest BCUT2D eigenvalue weighted by molar-refractivity contribution is 0.395. The highest BCUT2D eigenvalue weighted by Gasteiger charge is 2.27. The molecular formula is C48H46Cl2N12O2. The summed E-state index contributed by atoms with van der Waals surface area (Å²) in [7, 11) is 3.23. The molecule has 0 spiro atoms. The zero-order valence-corrected chi connectivity index (χ0v) is 37.4. The number of fused-ring (bicyclic) bond motifs is 2. The molecule has 0 saturated heterocycles. The summed E-state index contributed by atoms with van der Waals surface area (Å²) in [6.45, 7) is 5.64. The molecule has 2 aromatic carbocycles. The van der Waals surface area contributed by atoms with Crippen molar-refractivity contribution in [2.75, 3.05) is 14.2 Å². The first kappa shape index (κ1) is 42.4. The fourth-order valence-electron chi connectivity index (χ4n) is 8.16. The summed E-state index contributed by atoms with van der Waals surface area (Å²) in [6, 6.07) is 23.8. The van der Waals surface area contributed by atoms with Gasteiger partial charge >= 0.3 is 0 Å². The third kappa shape index (κ3) is 9.38. The minimum Gasteiger partial charge on any atom is -0.479 e. The van der Waals surface area contributed by atoms with Crippen molar-refractivity contribution in [3.05, 3.63) is 165 Å². The lowest BCUT2D eigenvalue weighted by Crippen LogP contribution is -2.17. The normalized spacial score (nSPS) is 15.8. The Labute approximate surface area is 380 Å². The van der Waals surface area contributed by atoms with E-state index >= 15 is 0 Å². The van der Waals surface area contributed by atoms with E-state index in [4.69, 9.17) is 42.6 Å². The van der Waals surface area contributed by atoms with Crippen molar-refractivity contribution in [3.63, 3.8) is 0 Å². The minimum absolute atomic E-state index is 0.202. The zero-order chi connectivity index (χ0) is 44.2. The lowest BCUT2D eigenvalue weighted by Gasteiger charge is -2.22. The van der Waals surface area contributed by atoms with Crippen molar-refractivity contribution in [2.24, 2.45) is 0 Å². The number of pyridine rings is 2. The molecule has 8 aromatic rings. The Morgan fingerprint density at radius 2 is 1.03 bits per heavy atom. The predicted octanol–water partition coefficient (Wildman–Crippen LogP) is 9.85. The smallest absolute Gasteiger partial charge is 0.238 e. The monoisotopic (exact) mass is 892 g/mol. The molecule has 0 radical (unpaired) electrons. The van der Waals surface area contributed by atoms with E-state index in [-0.39, 0.29) is 11.8 Å². The first-order valence-electron chi connectivity index (χ1n) is 21.1. The van der Waals surface area contributed by atoms with E-state index in [0.717, 1.165) is 94.6 Å². The maximum absolute atomic E-state index is 6.21. The second-order valence-electron chi connectivity index (χ2n) is 15.6. The van der Waals surface area contributed by atoms with Crippen LogP contribution in [0.25, 0.3) is 35.7 Å². The van der Waals surface area contributed by atoms with E-state index in [1.54, 1.807) is 26.9 Å². The van der Waals surface area contributed by atoms with Gasteiger partial charge in [-0.1, -0.05) is 47.5 Å². The van der Waals surface area contributed by atoms with E-state index in [0.29, 0.717) is 23.4 Å². The Balaban J connectivity index is 0.000000162. The van der Waals surface area contributed by atoms with Gasteiger partial charge < -0.3 is 18.6 Å². The summed E-state index contributed by atoms with van der Waals surface area (Å²) in [4.78, 5) is 27.4. The molecule has 0 fully saturated rings. The molecular weight excluding hydrogens is 848 g/mol. The molecule has 324 valence electrons. The summed E-state index contributed by atoms with van der Waals surface area (Å²) in [5.41, 5.74) is 7.43. The van der Waals surface area contributed by atoms with Crippen LogP contribution >= 0.6 is 23.2 Å². The average Bonchev–Trinajstić information content (AvgIpc) is 4.14. The summed E-state index contributed by atoms with van der Waals surface area (Å²) >= 11 is 12.4. The molecule has 64 heavy (non-hydrogen) atoms. The second kappa shape index (κ2) is 18.8. The molecule has 14 nitrogen and oxygen atoms in total. The summed E-state index contributed by atoms with van der Waals surface area (Å²) in [6.07, 6.45) is 19.2. The predicted molar refractivity (Wildman–Crippen MR) is 248 cm³/mol. The Bertz CT molecular complexity index is 2780. The van der Waals surface area contributed by atoms with Gasteiger partial charge in [-0.05, 0) is 123 Å². The van der Waals surface area contributed by atoms with Gasteiger partial charge in [-0.15, -0.1) is 0 Å². The number of aromatic nitrogens is 12. The van der Waals surface area contributed by atoms with Gasteiger partial charge in [0.25, 0.3) is 0 Å². The van der Waals surface area contributed by atoms with Crippen LogP contribution in [0.3, 0.4) is 0 Å². The van der Waals surface area contributed by atoms with Gasteiger partial charge in [0.15, 0.2) is 11.6 Å². The largest absolute Gasteiger partial charge is 0.479 e. The molecule has 0 unspecified atom stereocenters. The van der Waals surface area contributed by atoms with Crippen LogP contribution < -0.4 is 9.47 Å². The molecule has 6 aromatic heterocycles. The van der Waals surface area contributed by atoms with Crippen LogP contribution in [0.2, 0.25) is 10.0 Å². The van der Waals surface area contributed by atoms with Gasteiger partial charge in [-0.2, -0.15) is 10.2 Å². The fraction of sp³-hybridized carbons (Fsp3) is 0.250. The van der Waals surface area contributed by atoms with E-state index in [9.17, 15) is 0 Å². The Kier molecular flexibility index (Phi) is 12.5. The van der Waals surface area contributed by atoms with Crippen LogP contribution in [0.15, 0.2) is 97.8 Å². The molecule has 0 bridgehead atoms. The molecule has 8 heterocycles. The van der Waals surface area contributed by atoms with Crippen LogP contribution in [-0.4, -0.2) is 72.8 Å². The molecule has 10 rings (SSSR count). The van der Waals surface area contributed by atoms with E-state index in [2.05, 4.69) is 42.3 Å². The number of nitrogens with zero attached hydrogens (tertiary/aromatic N) is 12.